The van der Waals surface area contributed by atoms with Crippen LogP contribution in [0.3, 0.4) is 0 Å². The molecule has 158 valence electrons. The van der Waals surface area contributed by atoms with Crippen LogP contribution in [-0.2, 0) is 4.74 Å². The number of hydrogen-bond acceptors (Lipinski definition) is 9. The molecule has 1 aliphatic rings. The first-order valence-corrected chi connectivity index (χ1v) is 9.45. The molecule has 9 nitrogen and oxygen atoms in total. The number of rotatable bonds is 4. The number of hydrogen-bond donors (Lipinski definition) is 5. The Kier molecular flexibility index (Phi) is 5.54. The summed E-state index contributed by atoms with van der Waals surface area (Å²) >= 11 is 0. The van der Waals surface area contributed by atoms with Gasteiger partial charge in [-0.2, -0.15) is 0 Å². The quantitative estimate of drug-likeness (QED) is 0.382. The molecule has 1 aromatic carbocycles. The number of aromatic nitrogens is 1. The molecule has 1 fully saturated rings. The lowest BCUT2D eigenvalue weighted by atomic mass is 9.96. The van der Waals surface area contributed by atoms with E-state index in [-0.39, 0.29) is 0 Å². The van der Waals surface area contributed by atoms with E-state index in [9.17, 15) is 25.2 Å². The zero-order valence-electron chi connectivity index (χ0n) is 16.1. The topological polar surface area (TPSA) is 145 Å². The monoisotopic (exact) mass is 414 g/mol. The van der Waals surface area contributed by atoms with Gasteiger partial charge in [0.25, 0.3) is 0 Å². The lowest BCUT2D eigenvalue weighted by Gasteiger charge is -2.40. The third-order valence-corrected chi connectivity index (χ3v) is 5.37. The summed E-state index contributed by atoms with van der Waals surface area (Å²) < 4.78 is 10.7. The van der Waals surface area contributed by atoms with Crippen LogP contribution < -0.4 is 10.9 Å². The molecule has 2 aromatic heterocycles. The van der Waals surface area contributed by atoms with Crippen LogP contribution in [0, 0.1) is 6.92 Å². The molecule has 0 radical (unpaired) electrons. The largest absolute Gasteiger partial charge is 0.422 e. The second-order valence-corrected chi connectivity index (χ2v) is 7.24. The molecule has 0 aliphatic carbocycles. The normalized spacial score (nSPS) is 26.6. The molecule has 4 unspecified atom stereocenters. The molecule has 5 N–H and O–H groups in total. The minimum atomic E-state index is -1.46. The van der Waals surface area contributed by atoms with Crippen molar-refractivity contribution in [3.05, 3.63) is 58.7 Å². The van der Waals surface area contributed by atoms with Crippen LogP contribution in [0.15, 0.2) is 51.9 Å². The number of nitrogens with one attached hydrogen (secondary N) is 1. The second-order valence-electron chi connectivity index (χ2n) is 7.24. The summed E-state index contributed by atoms with van der Waals surface area (Å²) in [4.78, 5) is 16.6. The average Bonchev–Trinajstić information content (AvgIpc) is 2.74. The molecule has 30 heavy (non-hydrogen) atoms. The van der Waals surface area contributed by atoms with Crippen molar-refractivity contribution in [3.8, 4) is 11.1 Å². The Bertz CT molecular complexity index is 1100. The SMILES string of the molecule is Cc1c(-c2ccncc2)c(=O)oc2cc(NC3C(O)OC(CO)[C@@H](O)C3O)ccc12. The Morgan fingerprint density at radius 1 is 1.10 bits per heavy atom. The number of nitrogens with zero attached hydrogens (tertiary/aromatic N) is 1. The van der Waals surface area contributed by atoms with E-state index in [1.807, 2.05) is 6.92 Å². The molecule has 0 spiro atoms. The van der Waals surface area contributed by atoms with Crippen LogP contribution in [-0.4, -0.2) is 62.7 Å². The highest BCUT2D eigenvalue weighted by molar-refractivity contribution is 5.88. The van der Waals surface area contributed by atoms with Gasteiger partial charge in [0, 0.05) is 29.5 Å². The highest BCUT2D eigenvalue weighted by atomic mass is 16.6. The van der Waals surface area contributed by atoms with Gasteiger partial charge >= 0.3 is 5.63 Å². The Morgan fingerprint density at radius 3 is 2.53 bits per heavy atom. The van der Waals surface area contributed by atoms with Crippen LogP contribution in [0.25, 0.3) is 22.1 Å². The van der Waals surface area contributed by atoms with Gasteiger partial charge in [-0.25, -0.2) is 4.79 Å². The minimum Gasteiger partial charge on any atom is -0.422 e. The van der Waals surface area contributed by atoms with Crippen molar-refractivity contribution in [1.29, 1.82) is 0 Å². The number of fused-ring (bicyclic) bond motifs is 1. The minimum absolute atomic E-state index is 0.329. The van der Waals surface area contributed by atoms with Crippen molar-refractivity contribution in [1.82, 2.24) is 4.98 Å². The van der Waals surface area contributed by atoms with Gasteiger partial charge in [-0.05, 0) is 42.3 Å². The number of anilines is 1. The fourth-order valence-corrected chi connectivity index (χ4v) is 3.74. The number of aliphatic hydroxyl groups excluding tert-OH is 4. The van der Waals surface area contributed by atoms with E-state index in [1.54, 1.807) is 42.7 Å². The van der Waals surface area contributed by atoms with Gasteiger partial charge in [0.1, 0.15) is 29.9 Å². The van der Waals surface area contributed by atoms with Crippen LogP contribution in [0.5, 0.6) is 0 Å². The van der Waals surface area contributed by atoms with Crippen molar-refractivity contribution in [3.63, 3.8) is 0 Å². The van der Waals surface area contributed by atoms with Gasteiger partial charge in [-0.3, -0.25) is 4.98 Å². The fourth-order valence-electron chi connectivity index (χ4n) is 3.74. The van der Waals surface area contributed by atoms with Crippen LogP contribution in [0.4, 0.5) is 5.69 Å². The summed E-state index contributed by atoms with van der Waals surface area (Å²) in [5.74, 6) is 0. The van der Waals surface area contributed by atoms with Gasteiger partial charge in [0.2, 0.25) is 0 Å². The summed E-state index contributed by atoms with van der Waals surface area (Å²) in [5, 5.41) is 43.3. The molecule has 3 heterocycles. The van der Waals surface area contributed by atoms with Crippen LogP contribution in [0.1, 0.15) is 5.56 Å². The van der Waals surface area contributed by atoms with Crippen molar-refractivity contribution < 1.29 is 29.6 Å². The average molecular weight is 414 g/mol. The van der Waals surface area contributed by atoms with E-state index in [1.165, 1.54) is 0 Å². The molecular formula is C21H22N2O7. The molecule has 0 saturated carbocycles. The molecule has 9 heteroatoms. The first-order valence-electron chi connectivity index (χ1n) is 9.45. The molecule has 1 saturated heterocycles. The van der Waals surface area contributed by atoms with Crippen molar-refractivity contribution in [2.24, 2.45) is 0 Å². The smallest absolute Gasteiger partial charge is 0.344 e. The van der Waals surface area contributed by atoms with Crippen LogP contribution >= 0.6 is 0 Å². The molecule has 3 aromatic rings. The highest BCUT2D eigenvalue weighted by Crippen LogP contribution is 2.29. The first kappa shape index (κ1) is 20.5. The first-order chi connectivity index (χ1) is 14.4. The third-order valence-electron chi connectivity index (χ3n) is 5.37. The summed E-state index contributed by atoms with van der Waals surface area (Å²) in [5.41, 5.74) is 2.19. The maximum atomic E-state index is 12.6. The number of aryl methyl sites for hydroxylation is 1. The summed E-state index contributed by atoms with van der Waals surface area (Å²) in [6.07, 6.45) is -2.10. The van der Waals surface area contributed by atoms with Crippen molar-refractivity contribution in [2.75, 3.05) is 11.9 Å². The molecule has 0 amide bonds. The van der Waals surface area contributed by atoms with Gasteiger partial charge in [-0.1, -0.05) is 0 Å². The molecule has 0 bridgehead atoms. The van der Waals surface area contributed by atoms with E-state index in [0.717, 1.165) is 10.9 Å². The van der Waals surface area contributed by atoms with E-state index < -0.39 is 42.9 Å². The Morgan fingerprint density at radius 2 is 1.83 bits per heavy atom. The Hall–Kier alpha value is -2.82. The maximum Gasteiger partial charge on any atom is 0.344 e. The van der Waals surface area contributed by atoms with Crippen molar-refractivity contribution in [2.45, 2.75) is 37.6 Å². The number of pyridine rings is 1. The van der Waals surface area contributed by atoms with Gasteiger partial charge in [-0.15, -0.1) is 0 Å². The lowest BCUT2D eigenvalue weighted by molar-refractivity contribution is -0.245. The van der Waals surface area contributed by atoms with E-state index in [0.29, 0.717) is 22.4 Å². The second kappa shape index (κ2) is 8.13. The van der Waals surface area contributed by atoms with Crippen molar-refractivity contribution >= 4 is 16.7 Å². The summed E-state index contributed by atoms with van der Waals surface area (Å²) in [6.45, 7) is 1.29. The standard InChI is InChI=1S/C21H22N2O7/c1-10-13-3-2-12(23-17-19(26)18(25)15(9-24)30-21(17)28)8-14(13)29-20(27)16(10)11-4-6-22-7-5-11/h2-8,15,17-19,21,23-26,28H,9H2,1H3/t15?,17?,18-,19?,21?/m1/s1. The predicted octanol–water partition coefficient (Wildman–Crippen LogP) is 0.375. The third kappa shape index (κ3) is 3.57. The van der Waals surface area contributed by atoms with Crippen LogP contribution in [0.2, 0.25) is 0 Å². The summed E-state index contributed by atoms with van der Waals surface area (Å²) in [6, 6.07) is 7.45. The zero-order valence-corrected chi connectivity index (χ0v) is 16.1. The predicted molar refractivity (Wildman–Crippen MR) is 108 cm³/mol. The highest BCUT2D eigenvalue weighted by Gasteiger charge is 2.43. The number of ether oxygens (including phenoxy) is 1. The molecule has 1 aliphatic heterocycles. The maximum absolute atomic E-state index is 12.6. The zero-order chi connectivity index (χ0) is 21.4. The van der Waals surface area contributed by atoms with E-state index >= 15 is 0 Å². The number of aliphatic hydroxyl groups is 4. The van der Waals surface area contributed by atoms with E-state index in [2.05, 4.69) is 10.3 Å². The Balaban J connectivity index is 1.67. The van der Waals surface area contributed by atoms with Gasteiger partial charge in [0.15, 0.2) is 6.29 Å². The van der Waals surface area contributed by atoms with Gasteiger partial charge < -0.3 is 34.9 Å². The molecule has 4 rings (SSSR count). The number of benzene rings is 1. The summed E-state index contributed by atoms with van der Waals surface area (Å²) in [7, 11) is 0. The Labute approximate surface area is 171 Å². The fraction of sp³-hybridized carbons (Fsp3) is 0.333. The lowest BCUT2D eigenvalue weighted by Crippen LogP contribution is -2.61. The molecule has 5 atom stereocenters. The van der Waals surface area contributed by atoms with Gasteiger partial charge in [0.05, 0.1) is 12.2 Å². The van der Waals surface area contributed by atoms with E-state index in [4.69, 9.17) is 9.15 Å². The molecular weight excluding hydrogens is 392 g/mol.